The maximum absolute atomic E-state index is 12.0. The summed E-state index contributed by atoms with van der Waals surface area (Å²) in [6.07, 6.45) is 2.94. The Bertz CT molecular complexity index is 593. The van der Waals surface area contributed by atoms with E-state index in [9.17, 15) is 4.79 Å². The van der Waals surface area contributed by atoms with Crippen LogP contribution >= 0.6 is 35.7 Å². The smallest absolute Gasteiger partial charge is 0.227 e. The van der Waals surface area contributed by atoms with E-state index < -0.39 is 0 Å². The molecular weight excluding hydrogens is 459 g/mol. The van der Waals surface area contributed by atoms with E-state index in [0.29, 0.717) is 6.54 Å². The number of benzene rings is 1. The van der Waals surface area contributed by atoms with Crippen molar-refractivity contribution in [2.24, 2.45) is 10.9 Å². The summed E-state index contributed by atoms with van der Waals surface area (Å²) in [5.74, 6) is 0.852. The van der Waals surface area contributed by atoms with Crippen molar-refractivity contribution in [3.05, 3.63) is 29.8 Å². The molecule has 0 saturated heterocycles. The number of hydrogen-bond acceptors (Lipinski definition) is 3. The Hall–Kier alpha value is -0.960. The van der Waals surface area contributed by atoms with Gasteiger partial charge < -0.3 is 16.0 Å². The van der Waals surface area contributed by atoms with E-state index in [1.165, 1.54) is 0 Å². The average Bonchev–Trinajstić information content (AvgIpc) is 2.61. The van der Waals surface area contributed by atoms with Crippen LogP contribution in [0.4, 0.5) is 5.69 Å². The maximum Gasteiger partial charge on any atom is 0.227 e. The maximum atomic E-state index is 12.0. The average molecular weight is 492 g/mol. The minimum absolute atomic E-state index is 0. The van der Waals surface area contributed by atoms with Crippen LogP contribution in [0.15, 0.2) is 29.3 Å². The molecule has 1 amide bonds. The topological polar surface area (TPSA) is 65.5 Å². The Morgan fingerprint density at radius 2 is 2.00 bits per heavy atom. The molecule has 0 heterocycles. The number of carbonyl (C=O) groups is 1. The van der Waals surface area contributed by atoms with E-state index in [1.54, 1.807) is 7.05 Å². The minimum Gasteiger partial charge on any atom is -0.355 e. The van der Waals surface area contributed by atoms with Crippen molar-refractivity contribution in [1.29, 1.82) is 0 Å². The predicted molar refractivity (Wildman–Crippen MR) is 126 cm³/mol. The van der Waals surface area contributed by atoms with Crippen molar-refractivity contribution in [3.63, 3.8) is 0 Å². The molecule has 0 fully saturated rings. The highest BCUT2D eigenvalue weighted by molar-refractivity contribution is 14.0. The number of hydrogen-bond donors (Lipinski definition) is 3. The van der Waals surface area contributed by atoms with E-state index in [1.807, 2.05) is 49.9 Å². The summed E-state index contributed by atoms with van der Waals surface area (Å²) in [7, 11) is 1.77. The van der Waals surface area contributed by atoms with Gasteiger partial charge in [-0.1, -0.05) is 26.0 Å². The fraction of sp³-hybridized carbons (Fsp3) is 0.579. The first-order valence-electron chi connectivity index (χ1n) is 8.70. The van der Waals surface area contributed by atoms with Crippen LogP contribution < -0.4 is 16.0 Å². The molecule has 26 heavy (non-hydrogen) atoms. The first-order chi connectivity index (χ1) is 11.8. The zero-order chi connectivity index (χ0) is 18.9. The molecule has 148 valence electrons. The van der Waals surface area contributed by atoms with Gasteiger partial charge in [0, 0.05) is 36.5 Å². The van der Waals surface area contributed by atoms with Crippen LogP contribution in [0.3, 0.4) is 0 Å². The lowest BCUT2D eigenvalue weighted by Gasteiger charge is -2.23. The summed E-state index contributed by atoms with van der Waals surface area (Å²) in [5, 5.41) is 9.63. The SMILES string of the molecule is CCC(C)C(=O)Nc1cccc(CNC(=NC)NCC(C)(C)SC)c1.I. The zero-order valence-electron chi connectivity index (χ0n) is 16.7. The second kappa shape index (κ2) is 12.4. The first-order valence-corrected chi connectivity index (χ1v) is 9.93. The van der Waals surface area contributed by atoms with E-state index in [4.69, 9.17) is 0 Å². The molecule has 1 aromatic rings. The van der Waals surface area contributed by atoms with Gasteiger partial charge in [-0.15, -0.1) is 24.0 Å². The fourth-order valence-electron chi connectivity index (χ4n) is 1.99. The molecule has 0 aromatic heterocycles. The summed E-state index contributed by atoms with van der Waals surface area (Å²) in [4.78, 5) is 16.3. The molecule has 0 aliphatic rings. The molecule has 0 spiro atoms. The van der Waals surface area contributed by atoms with Crippen LogP contribution in [0.2, 0.25) is 0 Å². The monoisotopic (exact) mass is 492 g/mol. The van der Waals surface area contributed by atoms with Crippen LogP contribution in [-0.2, 0) is 11.3 Å². The number of thioether (sulfide) groups is 1. The van der Waals surface area contributed by atoms with Gasteiger partial charge in [0.1, 0.15) is 0 Å². The molecule has 1 unspecified atom stereocenters. The van der Waals surface area contributed by atoms with Crippen LogP contribution in [0, 0.1) is 5.92 Å². The number of halogens is 1. The van der Waals surface area contributed by atoms with E-state index in [2.05, 4.69) is 41.0 Å². The summed E-state index contributed by atoms with van der Waals surface area (Å²) in [5.41, 5.74) is 1.92. The third-order valence-electron chi connectivity index (χ3n) is 4.17. The number of guanidine groups is 1. The van der Waals surface area contributed by atoms with Gasteiger partial charge in [-0.3, -0.25) is 9.79 Å². The number of aliphatic imine (C=N–C) groups is 1. The Labute approximate surface area is 179 Å². The highest BCUT2D eigenvalue weighted by Crippen LogP contribution is 2.19. The Kier molecular flexibility index (Phi) is 12.0. The molecule has 1 aromatic carbocycles. The molecule has 1 atom stereocenters. The lowest BCUT2D eigenvalue weighted by atomic mass is 10.1. The van der Waals surface area contributed by atoms with Gasteiger partial charge in [-0.25, -0.2) is 0 Å². The number of anilines is 1. The van der Waals surface area contributed by atoms with E-state index >= 15 is 0 Å². The first kappa shape index (κ1) is 25.0. The minimum atomic E-state index is 0. The van der Waals surface area contributed by atoms with Crippen molar-refractivity contribution in [2.75, 3.05) is 25.2 Å². The Balaban J connectivity index is 0.00000625. The lowest BCUT2D eigenvalue weighted by molar-refractivity contribution is -0.119. The van der Waals surface area contributed by atoms with Gasteiger partial charge >= 0.3 is 0 Å². The second-order valence-corrected chi connectivity index (χ2v) is 8.26. The second-order valence-electron chi connectivity index (χ2n) is 6.74. The summed E-state index contributed by atoms with van der Waals surface area (Å²) in [6.45, 7) is 9.82. The van der Waals surface area contributed by atoms with Crippen molar-refractivity contribution >= 4 is 53.3 Å². The van der Waals surface area contributed by atoms with Crippen molar-refractivity contribution < 1.29 is 4.79 Å². The lowest BCUT2D eigenvalue weighted by Crippen LogP contribution is -2.42. The molecule has 1 rings (SSSR count). The predicted octanol–water partition coefficient (Wildman–Crippen LogP) is 4.10. The van der Waals surface area contributed by atoms with Crippen LogP contribution in [0.25, 0.3) is 0 Å². The van der Waals surface area contributed by atoms with Gasteiger partial charge in [-0.05, 0) is 44.2 Å². The molecule has 0 aliphatic heterocycles. The van der Waals surface area contributed by atoms with Crippen molar-refractivity contribution in [2.45, 2.75) is 45.4 Å². The van der Waals surface area contributed by atoms with Crippen LogP contribution in [0.5, 0.6) is 0 Å². The molecule has 0 aliphatic carbocycles. The molecule has 0 radical (unpaired) electrons. The van der Waals surface area contributed by atoms with Crippen LogP contribution in [-0.4, -0.2) is 36.5 Å². The molecule has 0 saturated carbocycles. The highest BCUT2D eigenvalue weighted by Gasteiger charge is 2.16. The standard InChI is InChI=1S/C19H32N4OS.HI/c1-7-14(2)17(24)23-16-10-8-9-15(11-16)12-21-18(20-5)22-13-19(3,4)25-6;/h8-11,14H,7,12-13H2,1-6H3,(H,23,24)(H2,20,21,22);1H. The third kappa shape index (κ3) is 9.12. The van der Waals surface area contributed by atoms with Gasteiger partial charge in [0.15, 0.2) is 5.96 Å². The van der Waals surface area contributed by atoms with Crippen LogP contribution in [0.1, 0.15) is 39.7 Å². The number of rotatable bonds is 8. The molecule has 3 N–H and O–H groups in total. The van der Waals surface area contributed by atoms with Crippen molar-refractivity contribution in [3.8, 4) is 0 Å². The zero-order valence-corrected chi connectivity index (χ0v) is 19.8. The van der Waals surface area contributed by atoms with E-state index in [-0.39, 0.29) is 40.5 Å². The van der Waals surface area contributed by atoms with E-state index in [0.717, 1.165) is 30.2 Å². The quantitative estimate of drug-likeness (QED) is 0.291. The number of carbonyl (C=O) groups excluding carboxylic acids is 1. The highest BCUT2D eigenvalue weighted by atomic mass is 127. The van der Waals surface area contributed by atoms with Gasteiger partial charge in [0.25, 0.3) is 0 Å². The normalized spacial score (nSPS) is 12.8. The molecular formula is C19H33IN4OS. The molecule has 0 bridgehead atoms. The number of amides is 1. The largest absolute Gasteiger partial charge is 0.355 e. The fourth-order valence-corrected chi connectivity index (χ4v) is 2.20. The van der Waals surface area contributed by atoms with Gasteiger partial charge in [0.05, 0.1) is 0 Å². The van der Waals surface area contributed by atoms with Crippen molar-refractivity contribution in [1.82, 2.24) is 10.6 Å². The summed E-state index contributed by atoms with van der Waals surface area (Å²) in [6, 6.07) is 7.89. The van der Waals surface area contributed by atoms with Gasteiger partial charge in [0.2, 0.25) is 5.91 Å². The summed E-state index contributed by atoms with van der Waals surface area (Å²) < 4.78 is 0.151. The Morgan fingerprint density at radius 1 is 1.31 bits per heavy atom. The van der Waals surface area contributed by atoms with Gasteiger partial charge in [-0.2, -0.15) is 11.8 Å². The molecule has 5 nitrogen and oxygen atoms in total. The molecule has 7 heteroatoms. The Morgan fingerprint density at radius 3 is 2.58 bits per heavy atom. The number of nitrogens with one attached hydrogen (secondary N) is 3. The number of nitrogens with zero attached hydrogens (tertiary/aromatic N) is 1. The summed E-state index contributed by atoms with van der Waals surface area (Å²) >= 11 is 1.82. The third-order valence-corrected chi connectivity index (χ3v) is 5.42.